The molecule has 5 heterocycles. The van der Waals surface area contributed by atoms with Gasteiger partial charge in [0.2, 0.25) is 0 Å². The van der Waals surface area contributed by atoms with Gasteiger partial charge in [-0.1, -0.05) is 44.0 Å². The van der Waals surface area contributed by atoms with Gasteiger partial charge < -0.3 is 14.4 Å². The summed E-state index contributed by atoms with van der Waals surface area (Å²) >= 11 is 0. The van der Waals surface area contributed by atoms with E-state index in [-0.39, 0.29) is 11.1 Å². The molecule has 1 aromatic heterocycles. The zero-order chi connectivity index (χ0) is 24.9. The first-order valence-electron chi connectivity index (χ1n) is 14.9. The predicted molar refractivity (Wildman–Crippen MR) is 145 cm³/mol. The van der Waals surface area contributed by atoms with E-state index in [1.165, 1.54) is 74.7 Å². The third-order valence-electron chi connectivity index (χ3n) is 9.91. The number of aryl methyl sites for hydroxylation is 1. The molecular weight excluding hydrogens is 460 g/mol. The number of anilines is 1. The summed E-state index contributed by atoms with van der Waals surface area (Å²) in [6.45, 7) is 8.21. The quantitative estimate of drug-likeness (QED) is 0.557. The molecule has 0 N–H and O–H groups in total. The normalized spacial score (nSPS) is 31.6. The van der Waals surface area contributed by atoms with Crippen LogP contribution in [0.25, 0.3) is 0 Å². The van der Waals surface area contributed by atoms with Gasteiger partial charge in [0.05, 0.1) is 23.4 Å². The highest BCUT2D eigenvalue weighted by atomic mass is 16.5. The summed E-state index contributed by atoms with van der Waals surface area (Å²) in [7, 11) is 0. The van der Waals surface area contributed by atoms with Gasteiger partial charge in [0, 0.05) is 31.6 Å². The standard InChI is InChI=1S/C31H42N4O2/c1-23-18-30(13-9-17-35(30)20-23)22-36-29-32-27-19-31(14-8-11-24-10-4-5-12-26(24)31)37-21-25(27)28(33-29)34-15-6-2-3-7-16-34/h4-5,10,12,23H,2-3,6-9,11,13-22H2,1H3/t23-,30+,31?/m1/s1. The van der Waals surface area contributed by atoms with E-state index in [1.54, 1.807) is 0 Å². The minimum absolute atomic E-state index is 0.175. The first-order valence-corrected chi connectivity index (χ1v) is 14.9. The molecular formula is C31H42N4O2. The van der Waals surface area contributed by atoms with Crippen molar-refractivity contribution in [3.63, 3.8) is 0 Å². The summed E-state index contributed by atoms with van der Waals surface area (Å²) in [4.78, 5) is 15.4. The number of rotatable bonds is 4. The second kappa shape index (κ2) is 9.53. The molecule has 4 aliphatic heterocycles. The van der Waals surface area contributed by atoms with E-state index >= 15 is 0 Å². The Morgan fingerprint density at radius 1 is 1.00 bits per heavy atom. The van der Waals surface area contributed by atoms with Gasteiger partial charge in [-0.25, -0.2) is 0 Å². The summed E-state index contributed by atoms with van der Waals surface area (Å²) in [5.74, 6) is 1.81. The molecule has 1 aromatic carbocycles. The summed E-state index contributed by atoms with van der Waals surface area (Å²) < 4.78 is 13.4. The number of aromatic nitrogens is 2. The molecule has 5 aliphatic rings. The molecule has 6 nitrogen and oxygen atoms in total. The fraction of sp³-hybridized carbons (Fsp3) is 0.677. The molecule has 1 unspecified atom stereocenters. The van der Waals surface area contributed by atoms with Crippen molar-refractivity contribution < 1.29 is 9.47 Å². The molecule has 0 amide bonds. The summed E-state index contributed by atoms with van der Waals surface area (Å²) in [6.07, 6.45) is 13.0. The van der Waals surface area contributed by atoms with Crippen LogP contribution in [-0.4, -0.2) is 53.2 Å². The van der Waals surface area contributed by atoms with Gasteiger partial charge >= 0.3 is 6.01 Å². The highest BCUT2D eigenvalue weighted by molar-refractivity contribution is 5.52. The largest absolute Gasteiger partial charge is 0.461 e. The van der Waals surface area contributed by atoms with Crippen molar-refractivity contribution in [3.05, 3.63) is 46.6 Å². The Balaban J connectivity index is 1.23. The van der Waals surface area contributed by atoms with E-state index in [4.69, 9.17) is 19.4 Å². The van der Waals surface area contributed by atoms with Crippen molar-refractivity contribution in [2.45, 2.75) is 95.3 Å². The maximum Gasteiger partial charge on any atom is 0.318 e. The monoisotopic (exact) mass is 502 g/mol. The van der Waals surface area contributed by atoms with Crippen molar-refractivity contribution in [3.8, 4) is 6.01 Å². The molecule has 0 saturated carbocycles. The van der Waals surface area contributed by atoms with Crippen LogP contribution in [0.2, 0.25) is 0 Å². The molecule has 3 saturated heterocycles. The highest BCUT2D eigenvalue weighted by Gasteiger charge is 2.48. The van der Waals surface area contributed by atoms with Gasteiger partial charge in [-0.05, 0) is 75.0 Å². The molecule has 6 heteroatoms. The molecule has 0 radical (unpaired) electrons. The van der Waals surface area contributed by atoms with Crippen LogP contribution >= 0.6 is 0 Å². The average Bonchev–Trinajstić information content (AvgIpc) is 3.29. The topological polar surface area (TPSA) is 50.7 Å². The van der Waals surface area contributed by atoms with Gasteiger partial charge in [-0.2, -0.15) is 9.97 Å². The van der Waals surface area contributed by atoms with Crippen LogP contribution in [0, 0.1) is 5.92 Å². The maximum atomic E-state index is 6.82. The zero-order valence-corrected chi connectivity index (χ0v) is 22.5. The van der Waals surface area contributed by atoms with E-state index in [2.05, 4.69) is 41.0 Å². The number of hydrogen-bond acceptors (Lipinski definition) is 6. The van der Waals surface area contributed by atoms with Gasteiger partial charge in [0.15, 0.2) is 0 Å². The Hall–Kier alpha value is -2.18. The molecule has 7 rings (SSSR count). The lowest BCUT2D eigenvalue weighted by atomic mass is 9.75. The number of hydrogen-bond donors (Lipinski definition) is 0. The van der Waals surface area contributed by atoms with Crippen LogP contribution in [0.4, 0.5) is 5.82 Å². The first kappa shape index (κ1) is 23.9. The highest BCUT2D eigenvalue weighted by Crippen LogP contribution is 2.46. The van der Waals surface area contributed by atoms with E-state index in [1.807, 2.05) is 0 Å². The summed E-state index contributed by atoms with van der Waals surface area (Å²) in [5.41, 5.74) is 5.04. The van der Waals surface area contributed by atoms with Gasteiger partial charge in [-0.15, -0.1) is 0 Å². The molecule has 1 aliphatic carbocycles. The van der Waals surface area contributed by atoms with Crippen molar-refractivity contribution >= 4 is 5.82 Å². The summed E-state index contributed by atoms with van der Waals surface area (Å²) in [5, 5.41) is 0. The van der Waals surface area contributed by atoms with Crippen LogP contribution in [0.1, 0.15) is 87.1 Å². The molecule has 1 spiro atoms. The first-order chi connectivity index (χ1) is 18.1. The predicted octanol–water partition coefficient (Wildman–Crippen LogP) is 5.41. The zero-order valence-electron chi connectivity index (χ0n) is 22.5. The van der Waals surface area contributed by atoms with Crippen molar-refractivity contribution in [2.75, 3.05) is 37.7 Å². The van der Waals surface area contributed by atoms with Crippen LogP contribution in [-0.2, 0) is 29.8 Å². The van der Waals surface area contributed by atoms with E-state index in [0.717, 1.165) is 56.2 Å². The van der Waals surface area contributed by atoms with Crippen LogP contribution in [0.5, 0.6) is 6.01 Å². The van der Waals surface area contributed by atoms with Crippen LogP contribution in [0.3, 0.4) is 0 Å². The van der Waals surface area contributed by atoms with E-state index < -0.39 is 0 Å². The van der Waals surface area contributed by atoms with Gasteiger partial charge in [0.25, 0.3) is 0 Å². The number of ether oxygens (including phenoxy) is 2. The number of fused-ring (bicyclic) bond motifs is 4. The lowest BCUT2D eigenvalue weighted by molar-refractivity contribution is -0.0855. The second-order valence-corrected chi connectivity index (χ2v) is 12.5. The third-order valence-corrected chi connectivity index (χ3v) is 9.91. The van der Waals surface area contributed by atoms with Crippen molar-refractivity contribution in [1.29, 1.82) is 0 Å². The molecule has 3 atom stereocenters. The average molecular weight is 503 g/mol. The summed E-state index contributed by atoms with van der Waals surface area (Å²) in [6, 6.07) is 9.47. The smallest absolute Gasteiger partial charge is 0.318 e. The molecule has 37 heavy (non-hydrogen) atoms. The molecule has 3 fully saturated rings. The molecule has 198 valence electrons. The number of nitrogens with zero attached hydrogens (tertiary/aromatic N) is 4. The fourth-order valence-corrected chi connectivity index (χ4v) is 8.17. The second-order valence-electron chi connectivity index (χ2n) is 12.5. The SMILES string of the molecule is C[C@H]1CN2CCC[C@@]2(COc2nc3c(c(N4CCCCCC4)n2)COC2(CCCc4ccccc42)C3)C1. The van der Waals surface area contributed by atoms with Crippen molar-refractivity contribution in [1.82, 2.24) is 14.9 Å². The van der Waals surface area contributed by atoms with Crippen LogP contribution < -0.4 is 9.64 Å². The fourth-order valence-electron chi connectivity index (χ4n) is 8.17. The Labute approximate surface area is 221 Å². The Kier molecular flexibility index (Phi) is 6.16. The Morgan fingerprint density at radius 2 is 1.86 bits per heavy atom. The van der Waals surface area contributed by atoms with E-state index in [9.17, 15) is 0 Å². The lowest BCUT2D eigenvalue weighted by Gasteiger charge is -2.43. The van der Waals surface area contributed by atoms with Gasteiger partial charge in [0.1, 0.15) is 12.4 Å². The minimum Gasteiger partial charge on any atom is -0.461 e. The molecule has 0 bridgehead atoms. The van der Waals surface area contributed by atoms with Crippen LogP contribution in [0.15, 0.2) is 24.3 Å². The lowest BCUT2D eigenvalue weighted by Crippen LogP contribution is -2.44. The molecule has 2 aromatic rings. The maximum absolute atomic E-state index is 6.82. The minimum atomic E-state index is -0.272. The van der Waals surface area contributed by atoms with Crippen molar-refractivity contribution in [2.24, 2.45) is 5.92 Å². The number of benzene rings is 1. The Bertz CT molecular complexity index is 1150. The van der Waals surface area contributed by atoms with E-state index in [0.29, 0.717) is 19.2 Å². The Morgan fingerprint density at radius 3 is 2.76 bits per heavy atom. The third kappa shape index (κ3) is 4.24. The van der Waals surface area contributed by atoms with Gasteiger partial charge in [-0.3, -0.25) is 4.90 Å².